The predicted molar refractivity (Wildman–Crippen MR) is 58.8 cm³/mol. The Morgan fingerprint density at radius 3 is 3.00 bits per heavy atom. The van der Waals surface area contributed by atoms with E-state index in [-0.39, 0.29) is 17.8 Å². The Bertz CT molecular complexity index is 261. The largest absolute Gasteiger partial charge is 0.394 e. The van der Waals surface area contributed by atoms with E-state index in [4.69, 9.17) is 23.1 Å². The SMILES string of the molecule is NC(=S)N[C@@H](CO)Cc1ccsc1. The Labute approximate surface area is 86.6 Å². The zero-order chi connectivity index (χ0) is 9.68. The molecule has 13 heavy (non-hydrogen) atoms. The van der Waals surface area contributed by atoms with Crippen molar-refractivity contribution >= 4 is 28.7 Å². The Kier molecular flexibility index (Phi) is 4.14. The second-order valence-electron chi connectivity index (χ2n) is 2.72. The van der Waals surface area contributed by atoms with Gasteiger partial charge in [0.15, 0.2) is 5.11 Å². The molecule has 0 radical (unpaired) electrons. The minimum absolute atomic E-state index is 0.0349. The van der Waals surface area contributed by atoms with Gasteiger partial charge in [-0.2, -0.15) is 11.3 Å². The van der Waals surface area contributed by atoms with Crippen LogP contribution in [0.15, 0.2) is 16.8 Å². The monoisotopic (exact) mass is 216 g/mol. The van der Waals surface area contributed by atoms with Crippen molar-refractivity contribution in [3.63, 3.8) is 0 Å². The molecule has 0 unspecified atom stereocenters. The summed E-state index contributed by atoms with van der Waals surface area (Å²) in [7, 11) is 0. The van der Waals surface area contributed by atoms with E-state index in [1.807, 2.05) is 16.8 Å². The van der Waals surface area contributed by atoms with Crippen molar-refractivity contribution in [2.24, 2.45) is 5.73 Å². The molecule has 0 fully saturated rings. The van der Waals surface area contributed by atoms with E-state index in [0.717, 1.165) is 6.42 Å². The van der Waals surface area contributed by atoms with Crippen LogP contribution in [0.2, 0.25) is 0 Å². The highest BCUT2D eigenvalue weighted by Crippen LogP contribution is 2.08. The molecular weight excluding hydrogens is 204 g/mol. The lowest BCUT2D eigenvalue weighted by Crippen LogP contribution is -2.41. The molecule has 5 heteroatoms. The third-order valence-corrected chi connectivity index (χ3v) is 2.48. The Morgan fingerprint density at radius 2 is 2.54 bits per heavy atom. The zero-order valence-electron chi connectivity index (χ0n) is 7.06. The van der Waals surface area contributed by atoms with Crippen LogP contribution in [0, 0.1) is 0 Å². The molecule has 0 aliphatic rings. The molecule has 0 saturated carbocycles. The summed E-state index contributed by atoms with van der Waals surface area (Å²) in [6.45, 7) is 0.0349. The molecule has 0 aliphatic carbocycles. The molecule has 3 nitrogen and oxygen atoms in total. The first kappa shape index (κ1) is 10.4. The molecule has 0 bridgehead atoms. The van der Waals surface area contributed by atoms with E-state index < -0.39 is 0 Å². The number of aliphatic hydroxyl groups excluding tert-OH is 1. The summed E-state index contributed by atoms with van der Waals surface area (Å²) in [4.78, 5) is 0. The molecule has 4 N–H and O–H groups in total. The van der Waals surface area contributed by atoms with Gasteiger partial charge in [0.2, 0.25) is 0 Å². The average molecular weight is 216 g/mol. The van der Waals surface area contributed by atoms with E-state index in [1.54, 1.807) is 11.3 Å². The Balaban J connectivity index is 2.45. The van der Waals surface area contributed by atoms with Gasteiger partial charge in [-0.1, -0.05) is 0 Å². The first-order valence-electron chi connectivity index (χ1n) is 3.90. The molecule has 1 heterocycles. The summed E-state index contributed by atoms with van der Waals surface area (Å²) in [5.41, 5.74) is 6.50. The Hall–Kier alpha value is -0.650. The number of thiocarbonyl (C=S) groups is 1. The van der Waals surface area contributed by atoms with Crippen molar-refractivity contribution in [1.82, 2.24) is 5.32 Å². The fraction of sp³-hybridized carbons (Fsp3) is 0.375. The van der Waals surface area contributed by atoms with Crippen LogP contribution < -0.4 is 11.1 Å². The molecule has 72 valence electrons. The molecule has 1 atom stereocenters. The van der Waals surface area contributed by atoms with Crippen LogP contribution in [0.3, 0.4) is 0 Å². The number of nitrogens with one attached hydrogen (secondary N) is 1. The van der Waals surface area contributed by atoms with Gasteiger partial charge in [0.25, 0.3) is 0 Å². The molecule has 1 aromatic rings. The van der Waals surface area contributed by atoms with E-state index in [9.17, 15) is 0 Å². The zero-order valence-corrected chi connectivity index (χ0v) is 8.70. The van der Waals surface area contributed by atoms with E-state index in [0.29, 0.717) is 0 Å². The van der Waals surface area contributed by atoms with Crippen LogP contribution in [0.5, 0.6) is 0 Å². The van der Waals surface area contributed by atoms with Crippen molar-refractivity contribution in [3.8, 4) is 0 Å². The summed E-state index contributed by atoms with van der Waals surface area (Å²) in [6, 6.07) is 1.95. The Morgan fingerprint density at radius 1 is 1.77 bits per heavy atom. The number of hydrogen-bond donors (Lipinski definition) is 3. The van der Waals surface area contributed by atoms with Crippen LogP contribution in [-0.2, 0) is 6.42 Å². The second-order valence-corrected chi connectivity index (χ2v) is 3.94. The van der Waals surface area contributed by atoms with Crippen molar-refractivity contribution in [2.45, 2.75) is 12.5 Å². The summed E-state index contributed by atoms with van der Waals surface area (Å²) < 4.78 is 0. The third-order valence-electron chi connectivity index (χ3n) is 1.63. The molecule has 1 aromatic heterocycles. The van der Waals surface area contributed by atoms with E-state index in [1.165, 1.54) is 5.56 Å². The average Bonchev–Trinajstić information content (AvgIpc) is 2.55. The first-order valence-corrected chi connectivity index (χ1v) is 5.25. The lowest BCUT2D eigenvalue weighted by atomic mass is 10.1. The van der Waals surface area contributed by atoms with Crippen LogP contribution >= 0.6 is 23.6 Å². The molecule has 0 aliphatic heterocycles. The van der Waals surface area contributed by atoms with Crippen molar-refractivity contribution < 1.29 is 5.11 Å². The summed E-state index contributed by atoms with van der Waals surface area (Å²) in [6.07, 6.45) is 0.747. The highest BCUT2D eigenvalue weighted by atomic mass is 32.1. The lowest BCUT2D eigenvalue weighted by molar-refractivity contribution is 0.255. The van der Waals surface area contributed by atoms with Crippen LogP contribution in [0.1, 0.15) is 5.56 Å². The quantitative estimate of drug-likeness (QED) is 0.641. The van der Waals surface area contributed by atoms with Gasteiger partial charge in [0.05, 0.1) is 12.6 Å². The second kappa shape index (κ2) is 5.16. The number of nitrogens with two attached hydrogens (primary N) is 1. The molecule has 0 saturated heterocycles. The van der Waals surface area contributed by atoms with Crippen LogP contribution in [-0.4, -0.2) is 22.9 Å². The fourth-order valence-electron chi connectivity index (χ4n) is 1.06. The summed E-state index contributed by atoms with van der Waals surface area (Å²) >= 11 is 6.33. The number of aliphatic hydroxyl groups is 1. The number of hydrogen-bond acceptors (Lipinski definition) is 3. The fourth-order valence-corrected chi connectivity index (χ4v) is 1.90. The highest BCUT2D eigenvalue weighted by Gasteiger charge is 2.08. The van der Waals surface area contributed by atoms with Crippen molar-refractivity contribution in [1.29, 1.82) is 0 Å². The number of thiophene rings is 1. The lowest BCUT2D eigenvalue weighted by Gasteiger charge is -2.14. The predicted octanol–water partition coefficient (Wildman–Crippen LogP) is 0.485. The molecule has 0 spiro atoms. The highest BCUT2D eigenvalue weighted by molar-refractivity contribution is 7.80. The van der Waals surface area contributed by atoms with Gasteiger partial charge in [-0.15, -0.1) is 0 Å². The summed E-state index contributed by atoms with van der Waals surface area (Å²) in [5, 5.41) is 16.1. The van der Waals surface area contributed by atoms with Crippen LogP contribution in [0.25, 0.3) is 0 Å². The van der Waals surface area contributed by atoms with Gasteiger partial charge in [-0.3, -0.25) is 0 Å². The molecule has 0 aromatic carbocycles. The maximum atomic E-state index is 9.00. The third kappa shape index (κ3) is 3.71. The van der Waals surface area contributed by atoms with Gasteiger partial charge in [0, 0.05) is 0 Å². The van der Waals surface area contributed by atoms with Crippen LogP contribution in [0.4, 0.5) is 0 Å². The first-order chi connectivity index (χ1) is 6.22. The van der Waals surface area contributed by atoms with Gasteiger partial charge < -0.3 is 16.2 Å². The maximum absolute atomic E-state index is 9.00. The van der Waals surface area contributed by atoms with E-state index >= 15 is 0 Å². The summed E-state index contributed by atoms with van der Waals surface area (Å²) in [5.74, 6) is 0. The van der Waals surface area contributed by atoms with Crippen molar-refractivity contribution in [3.05, 3.63) is 22.4 Å². The van der Waals surface area contributed by atoms with Gasteiger partial charge in [-0.05, 0) is 41.0 Å². The van der Waals surface area contributed by atoms with Gasteiger partial charge >= 0.3 is 0 Å². The van der Waals surface area contributed by atoms with E-state index in [2.05, 4.69) is 5.32 Å². The van der Waals surface area contributed by atoms with Crippen molar-refractivity contribution in [2.75, 3.05) is 6.61 Å². The minimum Gasteiger partial charge on any atom is -0.394 e. The smallest absolute Gasteiger partial charge is 0.163 e. The van der Waals surface area contributed by atoms with Gasteiger partial charge in [0.1, 0.15) is 0 Å². The standard InChI is InChI=1S/C8H12N2OS2/c9-8(12)10-7(4-11)3-6-1-2-13-5-6/h1-2,5,7,11H,3-4H2,(H3,9,10,12)/t7-/m1/s1. The number of rotatable bonds is 4. The minimum atomic E-state index is -0.0768. The maximum Gasteiger partial charge on any atom is 0.163 e. The molecule has 0 amide bonds. The van der Waals surface area contributed by atoms with Gasteiger partial charge in [-0.25, -0.2) is 0 Å². The molecular formula is C8H12N2OS2. The topological polar surface area (TPSA) is 58.3 Å². The molecule has 1 rings (SSSR count). The normalized spacial score (nSPS) is 12.4.